The Hall–Kier alpha value is -1.81. The number of hydrogen-bond acceptors (Lipinski definition) is 4. The number of halogens is 3. The summed E-state index contributed by atoms with van der Waals surface area (Å²) in [5.41, 5.74) is -0.796. The fraction of sp³-hybridized carbons (Fsp3) is 0.500. The van der Waals surface area contributed by atoms with Crippen LogP contribution in [-0.4, -0.2) is 30.7 Å². The number of piperazine rings is 1. The van der Waals surface area contributed by atoms with Crippen LogP contribution in [0.5, 0.6) is 0 Å². The molecule has 0 amide bonds. The first-order chi connectivity index (χ1) is 8.91. The van der Waals surface area contributed by atoms with Crippen molar-refractivity contribution in [1.29, 1.82) is 5.26 Å². The lowest BCUT2D eigenvalue weighted by molar-refractivity contribution is -0.141. The molecule has 0 aliphatic carbocycles. The van der Waals surface area contributed by atoms with Crippen molar-refractivity contribution in [3.05, 3.63) is 23.4 Å². The minimum atomic E-state index is -4.50. The van der Waals surface area contributed by atoms with Crippen LogP contribution in [0.3, 0.4) is 0 Å². The van der Waals surface area contributed by atoms with Gasteiger partial charge in [0.2, 0.25) is 0 Å². The van der Waals surface area contributed by atoms with Crippen molar-refractivity contribution in [3.63, 3.8) is 0 Å². The van der Waals surface area contributed by atoms with E-state index >= 15 is 0 Å². The van der Waals surface area contributed by atoms with E-state index in [1.54, 1.807) is 4.90 Å². The zero-order valence-electron chi connectivity index (χ0n) is 10.3. The molecular formula is C12H13F3N4. The Labute approximate surface area is 108 Å². The molecule has 1 aromatic heterocycles. The van der Waals surface area contributed by atoms with Gasteiger partial charge in [-0.25, -0.2) is 4.98 Å². The van der Waals surface area contributed by atoms with Crippen molar-refractivity contribution < 1.29 is 13.2 Å². The highest BCUT2D eigenvalue weighted by atomic mass is 19.4. The smallest absolute Gasteiger partial charge is 0.353 e. The van der Waals surface area contributed by atoms with Crippen molar-refractivity contribution in [3.8, 4) is 6.07 Å². The third kappa shape index (κ3) is 2.96. The standard InChI is InChI=1S/C12H13F3N4/c1-8-7-19(5-4-17-8)11-9(6-16)2-3-10(18-11)12(13,14)15/h2-3,8,17H,4-5,7H2,1H3/t8-/m1/s1. The van der Waals surface area contributed by atoms with Crippen molar-refractivity contribution in [2.24, 2.45) is 0 Å². The van der Waals surface area contributed by atoms with E-state index in [4.69, 9.17) is 5.26 Å². The highest BCUT2D eigenvalue weighted by Gasteiger charge is 2.34. The van der Waals surface area contributed by atoms with Gasteiger partial charge in [-0.1, -0.05) is 0 Å². The Kier molecular flexibility index (Phi) is 3.62. The summed E-state index contributed by atoms with van der Waals surface area (Å²) in [6, 6.07) is 4.06. The lowest BCUT2D eigenvalue weighted by Gasteiger charge is -2.33. The van der Waals surface area contributed by atoms with Crippen LogP contribution in [-0.2, 0) is 6.18 Å². The quantitative estimate of drug-likeness (QED) is 0.845. The van der Waals surface area contributed by atoms with Crippen LogP contribution in [0.1, 0.15) is 18.2 Å². The zero-order valence-corrected chi connectivity index (χ0v) is 10.3. The number of anilines is 1. The average molecular weight is 270 g/mol. The molecule has 19 heavy (non-hydrogen) atoms. The molecule has 7 heteroatoms. The molecule has 1 aromatic rings. The van der Waals surface area contributed by atoms with E-state index in [1.807, 2.05) is 13.0 Å². The molecular weight excluding hydrogens is 257 g/mol. The van der Waals surface area contributed by atoms with Gasteiger partial charge in [-0.05, 0) is 19.1 Å². The first-order valence-electron chi connectivity index (χ1n) is 5.88. The first kappa shape index (κ1) is 13.6. The van der Waals surface area contributed by atoms with E-state index in [1.165, 1.54) is 6.07 Å². The van der Waals surface area contributed by atoms with Gasteiger partial charge < -0.3 is 10.2 Å². The van der Waals surface area contributed by atoms with Gasteiger partial charge in [0.1, 0.15) is 17.6 Å². The van der Waals surface area contributed by atoms with E-state index < -0.39 is 11.9 Å². The molecule has 0 radical (unpaired) electrons. The number of nitriles is 1. The lowest BCUT2D eigenvalue weighted by Crippen LogP contribution is -2.49. The molecule has 0 spiro atoms. The van der Waals surface area contributed by atoms with Gasteiger partial charge >= 0.3 is 6.18 Å². The predicted molar refractivity (Wildman–Crippen MR) is 63.6 cm³/mol. The number of nitrogens with one attached hydrogen (secondary N) is 1. The van der Waals surface area contributed by atoms with E-state index in [0.29, 0.717) is 19.6 Å². The summed E-state index contributed by atoms with van der Waals surface area (Å²) in [6.45, 7) is 3.66. The fourth-order valence-corrected chi connectivity index (χ4v) is 2.06. The van der Waals surface area contributed by atoms with Gasteiger partial charge in [-0.3, -0.25) is 0 Å². The molecule has 0 bridgehead atoms. The number of nitrogens with zero attached hydrogens (tertiary/aromatic N) is 3. The Morgan fingerprint density at radius 2 is 2.21 bits per heavy atom. The largest absolute Gasteiger partial charge is 0.433 e. The molecule has 0 unspecified atom stereocenters. The van der Waals surface area contributed by atoms with Gasteiger partial charge in [-0.15, -0.1) is 0 Å². The summed E-state index contributed by atoms with van der Waals surface area (Å²) >= 11 is 0. The third-order valence-electron chi connectivity index (χ3n) is 2.95. The summed E-state index contributed by atoms with van der Waals surface area (Å²) in [4.78, 5) is 5.34. The molecule has 1 aliphatic heterocycles. The molecule has 102 valence electrons. The number of alkyl halides is 3. The van der Waals surface area contributed by atoms with Gasteiger partial charge in [0.25, 0.3) is 0 Å². The summed E-state index contributed by atoms with van der Waals surface area (Å²) < 4.78 is 38.0. The van der Waals surface area contributed by atoms with Crippen molar-refractivity contribution in [2.45, 2.75) is 19.1 Å². The summed E-state index contributed by atoms with van der Waals surface area (Å²) in [6.07, 6.45) is -4.50. The summed E-state index contributed by atoms with van der Waals surface area (Å²) in [5, 5.41) is 12.2. The second-order valence-electron chi connectivity index (χ2n) is 4.48. The fourth-order valence-electron chi connectivity index (χ4n) is 2.06. The van der Waals surface area contributed by atoms with Crippen molar-refractivity contribution in [1.82, 2.24) is 10.3 Å². The van der Waals surface area contributed by atoms with Crippen LogP contribution in [0, 0.1) is 11.3 Å². The van der Waals surface area contributed by atoms with Crippen LogP contribution < -0.4 is 10.2 Å². The van der Waals surface area contributed by atoms with Gasteiger partial charge in [-0.2, -0.15) is 18.4 Å². The molecule has 1 fully saturated rings. The normalized spacial score (nSPS) is 20.2. The highest BCUT2D eigenvalue weighted by Crippen LogP contribution is 2.30. The van der Waals surface area contributed by atoms with Crippen LogP contribution in [0.15, 0.2) is 12.1 Å². The maximum absolute atomic E-state index is 12.7. The number of aromatic nitrogens is 1. The van der Waals surface area contributed by atoms with E-state index in [0.717, 1.165) is 6.07 Å². The Morgan fingerprint density at radius 1 is 1.47 bits per heavy atom. The molecule has 1 N–H and O–H groups in total. The molecule has 1 atom stereocenters. The van der Waals surface area contributed by atoms with E-state index in [9.17, 15) is 13.2 Å². The molecule has 2 rings (SSSR count). The molecule has 1 aliphatic rings. The van der Waals surface area contributed by atoms with Gasteiger partial charge in [0, 0.05) is 25.7 Å². The van der Waals surface area contributed by atoms with E-state index in [-0.39, 0.29) is 17.4 Å². The minimum absolute atomic E-state index is 0.116. The van der Waals surface area contributed by atoms with Crippen LogP contribution in [0.2, 0.25) is 0 Å². The summed E-state index contributed by atoms with van der Waals surface area (Å²) in [7, 11) is 0. The number of hydrogen-bond donors (Lipinski definition) is 1. The van der Waals surface area contributed by atoms with Crippen molar-refractivity contribution in [2.75, 3.05) is 24.5 Å². The maximum Gasteiger partial charge on any atom is 0.433 e. The Morgan fingerprint density at radius 3 is 2.79 bits per heavy atom. The number of rotatable bonds is 1. The topological polar surface area (TPSA) is 52.0 Å². The Bertz CT molecular complexity index is 507. The van der Waals surface area contributed by atoms with E-state index in [2.05, 4.69) is 10.3 Å². The van der Waals surface area contributed by atoms with Crippen LogP contribution in [0.25, 0.3) is 0 Å². The maximum atomic E-state index is 12.7. The third-order valence-corrected chi connectivity index (χ3v) is 2.95. The minimum Gasteiger partial charge on any atom is -0.353 e. The second-order valence-corrected chi connectivity index (χ2v) is 4.48. The second kappa shape index (κ2) is 5.05. The van der Waals surface area contributed by atoms with Crippen LogP contribution >= 0.6 is 0 Å². The van der Waals surface area contributed by atoms with Crippen LogP contribution in [0.4, 0.5) is 19.0 Å². The molecule has 1 saturated heterocycles. The Balaban J connectivity index is 2.39. The predicted octanol–water partition coefficient (Wildman–Crippen LogP) is 1.77. The molecule has 2 heterocycles. The lowest BCUT2D eigenvalue weighted by atomic mass is 10.2. The highest BCUT2D eigenvalue weighted by molar-refractivity contribution is 5.55. The summed E-state index contributed by atoms with van der Waals surface area (Å²) in [5.74, 6) is 0.116. The number of pyridine rings is 1. The average Bonchev–Trinajstić information content (AvgIpc) is 2.37. The molecule has 4 nitrogen and oxygen atoms in total. The zero-order chi connectivity index (χ0) is 14.0. The first-order valence-corrected chi connectivity index (χ1v) is 5.88. The SMILES string of the molecule is C[C@@H]1CN(c2nc(C(F)(F)F)ccc2C#N)CCN1. The van der Waals surface area contributed by atoms with Gasteiger partial charge in [0.05, 0.1) is 5.56 Å². The van der Waals surface area contributed by atoms with Crippen molar-refractivity contribution >= 4 is 5.82 Å². The molecule has 0 saturated carbocycles. The monoisotopic (exact) mass is 270 g/mol. The van der Waals surface area contributed by atoms with Gasteiger partial charge in [0.15, 0.2) is 0 Å². The molecule has 0 aromatic carbocycles.